The highest BCUT2D eigenvalue weighted by Crippen LogP contribution is 1.81. The zero-order valence-corrected chi connectivity index (χ0v) is 20.6. The quantitative estimate of drug-likeness (QED) is 0.370. The highest BCUT2D eigenvalue weighted by atomic mass is 32.3. The fourth-order valence-corrected chi connectivity index (χ4v) is 0.651. The molecule has 8 heteroatoms. The third-order valence-electron chi connectivity index (χ3n) is 0.775. The monoisotopic (exact) mass is 458 g/mol. The average Bonchev–Trinajstić information content (AvgIpc) is 2.83. The molecule has 0 aliphatic carbocycles. The van der Waals surface area contributed by atoms with Crippen LogP contribution in [0.4, 0.5) is 0 Å². The van der Waals surface area contributed by atoms with Crippen LogP contribution in [-0.4, -0.2) is 56.2 Å². The average molecular weight is 459 g/mol. The zero-order chi connectivity index (χ0) is 27.4. The van der Waals surface area contributed by atoms with Crippen molar-refractivity contribution in [3.05, 3.63) is 92.1 Å². The van der Waals surface area contributed by atoms with Gasteiger partial charge in [0.05, 0.1) is 19.8 Å². The van der Waals surface area contributed by atoms with E-state index in [1.165, 1.54) is 6.92 Å². The molecule has 0 saturated heterocycles. The number of aliphatic hydroxyl groups excluding tert-OH is 2. The summed E-state index contributed by atoms with van der Waals surface area (Å²) < 4.78 is 35.5. The molecule has 0 aliphatic heterocycles. The van der Waals surface area contributed by atoms with E-state index >= 15 is 0 Å². The van der Waals surface area contributed by atoms with Crippen LogP contribution in [0.25, 0.3) is 0 Å². The Morgan fingerprint density at radius 2 is 0.767 bits per heavy atom. The molecule has 7 nitrogen and oxygen atoms in total. The molecule has 186 valence electrons. The van der Waals surface area contributed by atoms with Crippen LogP contribution in [0.2, 0.25) is 0 Å². The number of hydrogen-bond donors (Lipinski definition) is 3. The van der Waals surface area contributed by atoms with Gasteiger partial charge in [-0.25, -0.2) is 4.18 Å². The number of rotatable bonds is 5. The smallest absolute Gasteiger partial charge is 0.394 e. The molecule has 0 aromatic heterocycles. The summed E-state index contributed by atoms with van der Waals surface area (Å²) in [7, 11) is -4.17. The number of aliphatic hydroxyl groups is 2. The lowest BCUT2D eigenvalue weighted by atomic mass is 10.8. The van der Waals surface area contributed by atoms with Crippen LogP contribution >= 0.6 is 0 Å². The summed E-state index contributed by atoms with van der Waals surface area (Å²) in [6.07, 6.45) is 0. The first-order valence-electron chi connectivity index (χ1n) is 8.30. The van der Waals surface area contributed by atoms with E-state index in [0.717, 1.165) is 13.2 Å². The van der Waals surface area contributed by atoms with Crippen molar-refractivity contribution in [3.63, 3.8) is 0 Å². The minimum atomic E-state index is -4.17. The summed E-state index contributed by atoms with van der Waals surface area (Å²) in [6, 6.07) is 0. The van der Waals surface area contributed by atoms with E-state index < -0.39 is 10.4 Å². The summed E-state index contributed by atoms with van der Waals surface area (Å²) in [5.41, 5.74) is 0. The van der Waals surface area contributed by atoms with Crippen LogP contribution in [0.1, 0.15) is 20.8 Å². The van der Waals surface area contributed by atoms with Gasteiger partial charge in [-0.05, 0) is 20.8 Å². The molecule has 0 radical (unpaired) electrons. The van der Waals surface area contributed by atoms with E-state index in [2.05, 4.69) is 96.3 Å². The Hall–Kier alpha value is -2.07. The maximum Gasteiger partial charge on any atom is 0.397 e. The molecule has 0 heterocycles. The van der Waals surface area contributed by atoms with E-state index in [1.54, 1.807) is 0 Å². The van der Waals surface area contributed by atoms with Gasteiger partial charge in [0.15, 0.2) is 0 Å². The van der Waals surface area contributed by atoms with Crippen molar-refractivity contribution >= 4 is 10.4 Å². The Bertz CT molecular complexity index is 262. The van der Waals surface area contributed by atoms with Crippen LogP contribution in [0, 0.1) is 0 Å². The van der Waals surface area contributed by atoms with E-state index in [1.807, 2.05) is 13.8 Å². The van der Waals surface area contributed by atoms with Crippen molar-refractivity contribution in [2.24, 2.45) is 0 Å². The van der Waals surface area contributed by atoms with Gasteiger partial charge >= 0.3 is 10.4 Å². The highest BCUT2D eigenvalue weighted by Gasteiger charge is 1.98. The second kappa shape index (κ2) is 152. The SMILES string of the molecule is C=C.C=C.C=C.C=C.C=C.C=C.C=C.CCOCC.CCOS(=O)(=O)O.OCCO. The van der Waals surface area contributed by atoms with Crippen molar-refractivity contribution in [2.45, 2.75) is 20.8 Å². The summed E-state index contributed by atoms with van der Waals surface area (Å²) in [5, 5.41) is 15.2. The summed E-state index contributed by atoms with van der Waals surface area (Å²) in [4.78, 5) is 0. The maximum absolute atomic E-state index is 9.56. The molecule has 0 aromatic rings. The first-order chi connectivity index (χ1) is 14.4. The molecule has 0 saturated carbocycles. The van der Waals surface area contributed by atoms with Gasteiger partial charge in [-0.15, -0.1) is 92.1 Å². The third-order valence-corrected chi connectivity index (χ3v) is 1.31. The Balaban J connectivity index is -0.0000000197. The largest absolute Gasteiger partial charge is 0.397 e. The lowest BCUT2D eigenvalue weighted by molar-refractivity contribution is 0.162. The third kappa shape index (κ3) is 663. The van der Waals surface area contributed by atoms with Crippen molar-refractivity contribution < 1.29 is 32.1 Å². The fourth-order valence-electron chi connectivity index (χ4n) is 0.353. The minimum absolute atomic E-state index is 0.0289. The van der Waals surface area contributed by atoms with Crippen LogP contribution < -0.4 is 0 Å². The van der Waals surface area contributed by atoms with Crippen molar-refractivity contribution in [3.8, 4) is 0 Å². The normalized spacial score (nSPS) is 6.07. The lowest BCUT2D eigenvalue weighted by Gasteiger charge is -1.88. The van der Waals surface area contributed by atoms with Gasteiger partial charge in [0, 0.05) is 13.2 Å². The van der Waals surface area contributed by atoms with E-state index in [0.29, 0.717) is 0 Å². The predicted octanol–water partition coefficient (Wildman–Crippen LogP) is 5.45. The molecular weight excluding hydrogens is 408 g/mol. The van der Waals surface area contributed by atoms with E-state index in [-0.39, 0.29) is 19.8 Å². The van der Waals surface area contributed by atoms with Gasteiger partial charge in [0.2, 0.25) is 0 Å². The van der Waals surface area contributed by atoms with Crippen molar-refractivity contribution in [2.75, 3.05) is 33.0 Å². The van der Waals surface area contributed by atoms with Crippen LogP contribution in [-0.2, 0) is 19.3 Å². The second-order valence-electron chi connectivity index (χ2n) is 2.06. The molecule has 0 atom stereocenters. The highest BCUT2D eigenvalue weighted by molar-refractivity contribution is 7.80. The summed E-state index contributed by atoms with van der Waals surface area (Å²) in [5.74, 6) is 0. The zero-order valence-electron chi connectivity index (χ0n) is 19.8. The number of ether oxygens (including phenoxy) is 1. The minimum Gasteiger partial charge on any atom is -0.394 e. The molecule has 3 N–H and O–H groups in total. The van der Waals surface area contributed by atoms with Crippen LogP contribution in [0.15, 0.2) is 92.1 Å². The molecular formula is C22H50O7S. The molecule has 0 amide bonds. The topological polar surface area (TPSA) is 113 Å². The van der Waals surface area contributed by atoms with Crippen LogP contribution in [0.5, 0.6) is 0 Å². The molecule has 0 aliphatic rings. The van der Waals surface area contributed by atoms with Gasteiger partial charge in [-0.2, -0.15) is 8.42 Å². The van der Waals surface area contributed by atoms with Gasteiger partial charge in [-0.3, -0.25) is 4.55 Å². The Labute approximate surface area is 188 Å². The summed E-state index contributed by atoms with van der Waals surface area (Å²) in [6.45, 7) is 48.9. The molecule has 0 fully saturated rings. The lowest BCUT2D eigenvalue weighted by Crippen LogP contribution is -2.01. The van der Waals surface area contributed by atoms with Gasteiger partial charge in [-0.1, -0.05) is 0 Å². The van der Waals surface area contributed by atoms with Crippen molar-refractivity contribution in [1.29, 1.82) is 0 Å². The first kappa shape index (κ1) is 63.0. The predicted molar refractivity (Wildman–Crippen MR) is 138 cm³/mol. The fraction of sp³-hybridized carbons (Fsp3) is 0.364. The van der Waals surface area contributed by atoms with Crippen LogP contribution in [0.3, 0.4) is 0 Å². The molecule has 0 aromatic carbocycles. The molecule has 0 spiro atoms. The molecule has 0 unspecified atom stereocenters. The Morgan fingerprint density at radius 3 is 0.767 bits per heavy atom. The number of hydrogen-bond acceptors (Lipinski definition) is 6. The van der Waals surface area contributed by atoms with E-state index in [4.69, 9.17) is 19.5 Å². The Kier molecular flexibility index (Phi) is 318. The second-order valence-corrected chi connectivity index (χ2v) is 3.15. The van der Waals surface area contributed by atoms with Gasteiger partial charge in [0.25, 0.3) is 0 Å². The summed E-state index contributed by atoms with van der Waals surface area (Å²) >= 11 is 0. The standard InChI is InChI=1S/C4H10O.C2H6O4S.C2H6O2.7C2H4/c1-3-5-4-2;1-2-6-7(3,4)5;3-1-2-4;7*1-2/h3-4H2,1-2H3;2H2,1H3,(H,3,4,5);3-4H,1-2H2;7*1-2H2. The molecule has 30 heavy (non-hydrogen) atoms. The Morgan fingerprint density at radius 1 is 0.567 bits per heavy atom. The van der Waals surface area contributed by atoms with Gasteiger partial charge < -0.3 is 14.9 Å². The molecule has 0 rings (SSSR count). The van der Waals surface area contributed by atoms with Gasteiger partial charge in [0.1, 0.15) is 0 Å². The molecule has 0 bridgehead atoms. The van der Waals surface area contributed by atoms with E-state index in [9.17, 15) is 8.42 Å². The van der Waals surface area contributed by atoms with Crippen molar-refractivity contribution in [1.82, 2.24) is 0 Å². The maximum atomic E-state index is 9.56. The first-order valence-corrected chi connectivity index (χ1v) is 9.67.